The number of hydrogen-bond donors (Lipinski definition) is 1. The third-order valence-electron chi connectivity index (χ3n) is 3.78. The van der Waals surface area contributed by atoms with Gasteiger partial charge in [0.2, 0.25) is 0 Å². The van der Waals surface area contributed by atoms with Gasteiger partial charge in [0.1, 0.15) is 0 Å². The Morgan fingerprint density at radius 2 is 1.37 bits per heavy atom. The second-order valence-corrected chi connectivity index (χ2v) is 5.28. The number of nitrogens with one attached hydrogen (secondary N) is 1. The number of benzene rings is 1. The minimum atomic E-state index is 0. The number of halogens is 2. The Hall–Kier alpha value is -0.280. The Morgan fingerprint density at radius 1 is 0.895 bits per heavy atom. The van der Waals surface area contributed by atoms with Crippen molar-refractivity contribution in [2.45, 2.75) is 32.7 Å². The lowest BCUT2D eigenvalue weighted by Gasteiger charge is -2.33. The normalized spacial score (nSPS) is 17.5. The van der Waals surface area contributed by atoms with Crippen molar-refractivity contribution < 1.29 is 0 Å². The quantitative estimate of drug-likeness (QED) is 0.917. The fraction of sp³-hybridized carbons (Fsp3) is 0.600. The summed E-state index contributed by atoms with van der Waals surface area (Å²) in [5.74, 6) is 0.624. The predicted octanol–water partition coefficient (Wildman–Crippen LogP) is 3.62. The summed E-state index contributed by atoms with van der Waals surface area (Å²) in [6, 6.07) is 9.68. The Bertz CT molecular complexity index is 346. The topological polar surface area (TPSA) is 15.3 Å². The fourth-order valence-electron chi connectivity index (χ4n) is 2.44. The Morgan fingerprint density at radius 3 is 1.84 bits per heavy atom. The van der Waals surface area contributed by atoms with Crippen LogP contribution in [-0.4, -0.2) is 31.1 Å². The van der Waals surface area contributed by atoms with Gasteiger partial charge in [0.25, 0.3) is 0 Å². The first kappa shape index (κ1) is 18.7. The van der Waals surface area contributed by atoms with Crippen LogP contribution in [0.2, 0.25) is 0 Å². The largest absolute Gasteiger partial charge is 0.314 e. The highest BCUT2D eigenvalue weighted by atomic mass is 35.5. The van der Waals surface area contributed by atoms with Gasteiger partial charge in [-0.2, -0.15) is 0 Å². The molecule has 1 aliphatic heterocycles. The second kappa shape index (κ2) is 8.80. The van der Waals surface area contributed by atoms with E-state index in [-0.39, 0.29) is 24.8 Å². The van der Waals surface area contributed by atoms with Gasteiger partial charge in [0.15, 0.2) is 0 Å². The van der Waals surface area contributed by atoms with Gasteiger partial charge in [-0.1, -0.05) is 38.1 Å². The first-order chi connectivity index (χ1) is 8.18. The number of piperazine rings is 1. The molecule has 1 N–H and O–H groups in total. The second-order valence-electron chi connectivity index (χ2n) is 5.28. The molecule has 1 heterocycles. The highest BCUT2D eigenvalue weighted by Crippen LogP contribution is 2.22. The number of hydrogen-bond acceptors (Lipinski definition) is 2. The summed E-state index contributed by atoms with van der Waals surface area (Å²) in [5, 5.41) is 3.40. The highest BCUT2D eigenvalue weighted by molar-refractivity contribution is 5.85. The van der Waals surface area contributed by atoms with E-state index in [1.165, 1.54) is 11.1 Å². The smallest absolute Gasteiger partial charge is 0.0320 e. The molecule has 1 aromatic rings. The molecular formula is C15H26Cl2N2. The molecule has 1 saturated heterocycles. The van der Waals surface area contributed by atoms with Gasteiger partial charge < -0.3 is 5.32 Å². The summed E-state index contributed by atoms with van der Waals surface area (Å²) in [4.78, 5) is 2.56. The highest BCUT2D eigenvalue weighted by Gasteiger charge is 2.17. The molecule has 1 atom stereocenters. The van der Waals surface area contributed by atoms with E-state index in [1.807, 2.05) is 0 Å². The molecule has 2 nitrogen and oxygen atoms in total. The average Bonchev–Trinajstić information content (AvgIpc) is 2.39. The molecular weight excluding hydrogens is 279 g/mol. The van der Waals surface area contributed by atoms with Crippen LogP contribution in [0.4, 0.5) is 0 Å². The van der Waals surface area contributed by atoms with Gasteiger partial charge in [0, 0.05) is 32.2 Å². The average molecular weight is 305 g/mol. The Labute approximate surface area is 129 Å². The van der Waals surface area contributed by atoms with E-state index in [2.05, 4.69) is 55.3 Å². The number of nitrogens with zero attached hydrogens (tertiary/aromatic N) is 1. The van der Waals surface area contributed by atoms with Crippen molar-refractivity contribution in [3.8, 4) is 0 Å². The first-order valence-corrected chi connectivity index (χ1v) is 6.73. The number of rotatable bonds is 3. The zero-order valence-corrected chi connectivity index (χ0v) is 13.7. The third-order valence-corrected chi connectivity index (χ3v) is 3.78. The van der Waals surface area contributed by atoms with Gasteiger partial charge in [-0.25, -0.2) is 0 Å². The fourth-order valence-corrected chi connectivity index (χ4v) is 2.44. The summed E-state index contributed by atoms with van der Waals surface area (Å²) >= 11 is 0. The zero-order chi connectivity index (χ0) is 12.3. The zero-order valence-electron chi connectivity index (χ0n) is 12.1. The van der Waals surface area contributed by atoms with E-state index in [4.69, 9.17) is 0 Å². The van der Waals surface area contributed by atoms with E-state index in [1.54, 1.807) is 0 Å². The first-order valence-electron chi connectivity index (χ1n) is 6.73. The van der Waals surface area contributed by atoms with Crippen LogP contribution in [0.15, 0.2) is 24.3 Å². The van der Waals surface area contributed by atoms with Crippen LogP contribution in [0, 0.1) is 0 Å². The SMILES string of the molecule is CC(C)c1ccc(C(C)N2CCNCC2)cc1.Cl.Cl. The molecule has 2 rings (SSSR count). The van der Waals surface area contributed by atoms with Crippen molar-refractivity contribution >= 4 is 24.8 Å². The standard InChI is InChI=1S/C15H24N2.2ClH/c1-12(2)14-4-6-15(7-5-14)13(3)17-10-8-16-9-11-17;;/h4-7,12-13,16H,8-11H2,1-3H3;2*1H. The molecule has 1 fully saturated rings. The van der Waals surface area contributed by atoms with E-state index < -0.39 is 0 Å². The Balaban J connectivity index is 0.00000162. The van der Waals surface area contributed by atoms with Crippen LogP contribution in [0.25, 0.3) is 0 Å². The van der Waals surface area contributed by atoms with Crippen molar-refractivity contribution in [1.82, 2.24) is 10.2 Å². The third kappa shape index (κ3) is 4.96. The van der Waals surface area contributed by atoms with Gasteiger partial charge in [0.05, 0.1) is 0 Å². The molecule has 0 amide bonds. The molecule has 0 radical (unpaired) electrons. The van der Waals surface area contributed by atoms with Crippen molar-refractivity contribution in [3.63, 3.8) is 0 Å². The Kier molecular flexibility index (Phi) is 8.67. The van der Waals surface area contributed by atoms with E-state index in [9.17, 15) is 0 Å². The lowest BCUT2D eigenvalue weighted by Crippen LogP contribution is -2.44. The summed E-state index contributed by atoms with van der Waals surface area (Å²) < 4.78 is 0. The minimum Gasteiger partial charge on any atom is -0.314 e. The van der Waals surface area contributed by atoms with Crippen LogP contribution in [0.3, 0.4) is 0 Å². The maximum absolute atomic E-state index is 3.40. The molecule has 0 aliphatic carbocycles. The maximum atomic E-state index is 3.40. The van der Waals surface area contributed by atoms with Crippen LogP contribution >= 0.6 is 24.8 Å². The van der Waals surface area contributed by atoms with Gasteiger partial charge in [-0.3, -0.25) is 4.90 Å². The van der Waals surface area contributed by atoms with E-state index >= 15 is 0 Å². The van der Waals surface area contributed by atoms with Crippen LogP contribution < -0.4 is 5.32 Å². The predicted molar refractivity (Wildman–Crippen MR) is 87.9 cm³/mol. The molecule has 0 saturated carbocycles. The summed E-state index contributed by atoms with van der Waals surface area (Å²) in [6.07, 6.45) is 0. The molecule has 0 aromatic heterocycles. The molecule has 1 aliphatic rings. The molecule has 1 aromatic carbocycles. The van der Waals surface area contributed by atoms with Gasteiger partial charge >= 0.3 is 0 Å². The van der Waals surface area contributed by atoms with Crippen molar-refractivity contribution in [2.24, 2.45) is 0 Å². The van der Waals surface area contributed by atoms with Crippen molar-refractivity contribution in [1.29, 1.82) is 0 Å². The van der Waals surface area contributed by atoms with Gasteiger partial charge in [-0.15, -0.1) is 24.8 Å². The maximum Gasteiger partial charge on any atom is 0.0320 e. The van der Waals surface area contributed by atoms with E-state index in [0.29, 0.717) is 12.0 Å². The summed E-state index contributed by atoms with van der Waals surface area (Å²) in [6.45, 7) is 11.4. The van der Waals surface area contributed by atoms with Crippen LogP contribution in [0.1, 0.15) is 43.9 Å². The molecule has 1 unspecified atom stereocenters. The molecule has 19 heavy (non-hydrogen) atoms. The minimum absolute atomic E-state index is 0. The van der Waals surface area contributed by atoms with Crippen LogP contribution in [0.5, 0.6) is 0 Å². The summed E-state index contributed by atoms with van der Waals surface area (Å²) in [7, 11) is 0. The van der Waals surface area contributed by atoms with E-state index in [0.717, 1.165) is 26.2 Å². The van der Waals surface area contributed by atoms with Crippen LogP contribution in [-0.2, 0) is 0 Å². The molecule has 4 heteroatoms. The van der Waals surface area contributed by atoms with Crippen molar-refractivity contribution in [3.05, 3.63) is 35.4 Å². The summed E-state index contributed by atoms with van der Waals surface area (Å²) in [5.41, 5.74) is 2.87. The van der Waals surface area contributed by atoms with Gasteiger partial charge in [-0.05, 0) is 24.0 Å². The molecule has 0 bridgehead atoms. The molecule has 110 valence electrons. The monoisotopic (exact) mass is 304 g/mol. The lowest BCUT2D eigenvalue weighted by atomic mass is 9.99. The molecule has 0 spiro atoms. The lowest BCUT2D eigenvalue weighted by molar-refractivity contribution is 0.185. The van der Waals surface area contributed by atoms with Crippen molar-refractivity contribution in [2.75, 3.05) is 26.2 Å².